The predicted octanol–water partition coefficient (Wildman–Crippen LogP) is 1.37. The lowest BCUT2D eigenvalue weighted by Gasteiger charge is -2.08. The van der Waals surface area contributed by atoms with Gasteiger partial charge in [0.25, 0.3) is 0 Å². The largest absolute Gasteiger partial charge is 0.324 e. The maximum absolute atomic E-state index is 5.73. The minimum atomic E-state index is 0.0240. The highest BCUT2D eigenvalue weighted by atomic mass is 14.9. The third kappa shape index (κ3) is 1.80. The summed E-state index contributed by atoms with van der Waals surface area (Å²) in [7, 11) is 0. The Morgan fingerprint density at radius 3 is 2.67 bits per heavy atom. The quantitative estimate of drug-likeness (QED) is 0.720. The molecule has 0 aliphatic rings. The monoisotopic (exact) mass is 165 g/mol. The zero-order valence-electron chi connectivity index (χ0n) is 7.83. The van der Waals surface area contributed by atoms with Crippen molar-refractivity contribution in [1.29, 1.82) is 0 Å². The fourth-order valence-electron chi connectivity index (χ4n) is 1.14. The summed E-state index contributed by atoms with van der Waals surface area (Å²) in [6.07, 6.45) is 2.70. The molecule has 2 N–H and O–H groups in total. The van der Waals surface area contributed by atoms with Gasteiger partial charge >= 0.3 is 0 Å². The van der Waals surface area contributed by atoms with Crippen molar-refractivity contribution >= 4 is 0 Å². The van der Waals surface area contributed by atoms with Crippen LogP contribution < -0.4 is 5.73 Å². The number of hydrogen-bond acceptors (Lipinski definition) is 3. The van der Waals surface area contributed by atoms with Gasteiger partial charge in [0.2, 0.25) is 0 Å². The molecule has 0 aliphatic heterocycles. The first kappa shape index (κ1) is 9.13. The van der Waals surface area contributed by atoms with Gasteiger partial charge in [0.1, 0.15) is 5.82 Å². The van der Waals surface area contributed by atoms with Crippen LogP contribution in [0.5, 0.6) is 0 Å². The highest BCUT2D eigenvalue weighted by molar-refractivity contribution is 5.19. The van der Waals surface area contributed by atoms with E-state index >= 15 is 0 Å². The normalized spacial score (nSPS) is 13.0. The van der Waals surface area contributed by atoms with E-state index in [2.05, 4.69) is 9.97 Å². The number of aromatic nitrogens is 2. The van der Waals surface area contributed by atoms with Crippen LogP contribution in [0.4, 0.5) is 0 Å². The minimum absolute atomic E-state index is 0.0240. The molecule has 0 aliphatic carbocycles. The smallest absolute Gasteiger partial charge is 0.128 e. The molecule has 0 bridgehead atoms. The Morgan fingerprint density at radius 2 is 2.25 bits per heavy atom. The molecular weight excluding hydrogens is 150 g/mol. The number of aryl methyl sites for hydroxylation is 2. The minimum Gasteiger partial charge on any atom is -0.324 e. The third-order valence-corrected chi connectivity index (χ3v) is 1.87. The zero-order chi connectivity index (χ0) is 9.14. The Balaban J connectivity index is 3.03. The van der Waals surface area contributed by atoms with E-state index < -0.39 is 0 Å². The van der Waals surface area contributed by atoms with Crippen molar-refractivity contribution in [2.24, 2.45) is 5.73 Å². The Bertz CT molecular complexity index is 268. The molecule has 1 aromatic heterocycles. The molecule has 0 aromatic carbocycles. The molecule has 1 atom stereocenters. The van der Waals surface area contributed by atoms with Crippen LogP contribution in [-0.4, -0.2) is 9.97 Å². The third-order valence-electron chi connectivity index (χ3n) is 1.87. The van der Waals surface area contributed by atoms with Crippen molar-refractivity contribution in [2.75, 3.05) is 0 Å². The van der Waals surface area contributed by atoms with Crippen LogP contribution in [0.3, 0.4) is 0 Å². The van der Waals surface area contributed by atoms with Crippen LogP contribution in [0.25, 0.3) is 0 Å². The second kappa shape index (κ2) is 3.63. The van der Waals surface area contributed by atoms with Crippen molar-refractivity contribution in [3.63, 3.8) is 0 Å². The molecule has 3 heteroatoms. The molecule has 0 saturated heterocycles. The number of nitrogens with zero attached hydrogens (tertiary/aromatic N) is 2. The SMILES string of the molecule is CCc1ncc([C@H](C)N)c(C)n1. The summed E-state index contributed by atoms with van der Waals surface area (Å²) in [5.74, 6) is 0.886. The summed E-state index contributed by atoms with van der Waals surface area (Å²) in [6, 6.07) is 0.0240. The van der Waals surface area contributed by atoms with Gasteiger partial charge in [0.05, 0.1) is 0 Å². The van der Waals surface area contributed by atoms with Crippen LogP contribution in [-0.2, 0) is 6.42 Å². The van der Waals surface area contributed by atoms with Gasteiger partial charge in [-0.25, -0.2) is 9.97 Å². The van der Waals surface area contributed by atoms with Gasteiger partial charge in [-0.05, 0) is 13.8 Å². The molecular formula is C9H15N3. The van der Waals surface area contributed by atoms with Crippen LogP contribution in [0, 0.1) is 6.92 Å². The Hall–Kier alpha value is -0.960. The Morgan fingerprint density at radius 1 is 1.58 bits per heavy atom. The standard InChI is InChI=1S/C9H15N3/c1-4-9-11-5-8(6(2)10)7(3)12-9/h5-6H,4,10H2,1-3H3/t6-/m0/s1. The first-order valence-corrected chi connectivity index (χ1v) is 4.23. The van der Waals surface area contributed by atoms with E-state index in [1.807, 2.05) is 27.0 Å². The van der Waals surface area contributed by atoms with Crippen LogP contribution in [0.15, 0.2) is 6.20 Å². The highest BCUT2D eigenvalue weighted by Crippen LogP contribution is 2.11. The number of hydrogen-bond donors (Lipinski definition) is 1. The molecule has 66 valence electrons. The number of rotatable bonds is 2. The van der Waals surface area contributed by atoms with Gasteiger partial charge in [0, 0.05) is 29.9 Å². The average molecular weight is 165 g/mol. The summed E-state index contributed by atoms with van der Waals surface area (Å²) in [6.45, 7) is 5.96. The van der Waals surface area contributed by atoms with E-state index in [0.29, 0.717) is 0 Å². The van der Waals surface area contributed by atoms with E-state index in [1.165, 1.54) is 0 Å². The topological polar surface area (TPSA) is 51.8 Å². The Labute approximate surface area is 73.0 Å². The summed E-state index contributed by atoms with van der Waals surface area (Å²) >= 11 is 0. The lowest BCUT2D eigenvalue weighted by molar-refractivity contribution is 0.774. The molecule has 0 saturated carbocycles. The summed E-state index contributed by atoms with van der Waals surface area (Å²) < 4.78 is 0. The van der Waals surface area contributed by atoms with Crippen molar-refractivity contribution in [1.82, 2.24) is 9.97 Å². The van der Waals surface area contributed by atoms with Crippen molar-refractivity contribution in [3.05, 3.63) is 23.3 Å². The van der Waals surface area contributed by atoms with Crippen LogP contribution in [0.2, 0.25) is 0 Å². The van der Waals surface area contributed by atoms with Gasteiger partial charge in [-0.1, -0.05) is 6.92 Å². The van der Waals surface area contributed by atoms with E-state index in [-0.39, 0.29) is 6.04 Å². The molecule has 0 radical (unpaired) electrons. The van der Waals surface area contributed by atoms with Gasteiger partial charge in [0.15, 0.2) is 0 Å². The molecule has 12 heavy (non-hydrogen) atoms. The lowest BCUT2D eigenvalue weighted by atomic mass is 10.1. The first-order chi connectivity index (χ1) is 5.65. The second-order valence-electron chi connectivity index (χ2n) is 2.97. The van der Waals surface area contributed by atoms with E-state index in [9.17, 15) is 0 Å². The van der Waals surface area contributed by atoms with E-state index in [4.69, 9.17) is 5.73 Å². The average Bonchev–Trinajstić information content (AvgIpc) is 2.03. The molecule has 1 aromatic rings. The number of nitrogens with two attached hydrogens (primary N) is 1. The first-order valence-electron chi connectivity index (χ1n) is 4.23. The van der Waals surface area contributed by atoms with Crippen LogP contribution in [0.1, 0.15) is 37.0 Å². The maximum atomic E-state index is 5.73. The molecule has 0 spiro atoms. The highest BCUT2D eigenvalue weighted by Gasteiger charge is 2.05. The van der Waals surface area contributed by atoms with Gasteiger partial charge < -0.3 is 5.73 Å². The summed E-state index contributed by atoms with van der Waals surface area (Å²) in [5.41, 5.74) is 7.76. The zero-order valence-corrected chi connectivity index (χ0v) is 7.83. The molecule has 1 rings (SSSR count). The van der Waals surface area contributed by atoms with E-state index in [0.717, 1.165) is 23.5 Å². The molecule has 1 heterocycles. The van der Waals surface area contributed by atoms with Crippen molar-refractivity contribution in [2.45, 2.75) is 33.2 Å². The molecule has 0 amide bonds. The van der Waals surface area contributed by atoms with Crippen molar-refractivity contribution in [3.8, 4) is 0 Å². The fourth-order valence-corrected chi connectivity index (χ4v) is 1.14. The van der Waals surface area contributed by atoms with Gasteiger partial charge in [-0.3, -0.25) is 0 Å². The second-order valence-corrected chi connectivity index (χ2v) is 2.97. The lowest BCUT2D eigenvalue weighted by Crippen LogP contribution is -2.10. The van der Waals surface area contributed by atoms with Gasteiger partial charge in [-0.15, -0.1) is 0 Å². The predicted molar refractivity (Wildman–Crippen MR) is 48.7 cm³/mol. The molecule has 0 unspecified atom stereocenters. The molecule has 0 fully saturated rings. The van der Waals surface area contributed by atoms with Gasteiger partial charge in [-0.2, -0.15) is 0 Å². The molecule has 3 nitrogen and oxygen atoms in total. The maximum Gasteiger partial charge on any atom is 0.128 e. The summed E-state index contributed by atoms with van der Waals surface area (Å²) in [4.78, 5) is 8.51. The fraction of sp³-hybridized carbons (Fsp3) is 0.556. The van der Waals surface area contributed by atoms with Crippen molar-refractivity contribution < 1.29 is 0 Å². The van der Waals surface area contributed by atoms with E-state index in [1.54, 1.807) is 0 Å². The summed E-state index contributed by atoms with van der Waals surface area (Å²) in [5, 5.41) is 0. The van der Waals surface area contributed by atoms with Crippen LogP contribution >= 0.6 is 0 Å². The Kier molecular flexibility index (Phi) is 2.76.